The Morgan fingerprint density at radius 3 is 2.31 bits per heavy atom. The van der Waals surface area contributed by atoms with Crippen LogP contribution in [0, 0.1) is 5.92 Å². The van der Waals surface area contributed by atoms with Gasteiger partial charge in [0.25, 0.3) is 5.91 Å². The Morgan fingerprint density at radius 2 is 1.69 bits per heavy atom. The highest BCUT2D eigenvalue weighted by molar-refractivity contribution is 5.94. The maximum absolute atomic E-state index is 12.3. The Labute approximate surface area is 156 Å². The van der Waals surface area contributed by atoms with Crippen molar-refractivity contribution in [1.29, 1.82) is 0 Å². The van der Waals surface area contributed by atoms with Crippen molar-refractivity contribution in [2.75, 3.05) is 5.32 Å². The van der Waals surface area contributed by atoms with Crippen LogP contribution in [-0.2, 0) is 11.3 Å². The van der Waals surface area contributed by atoms with Gasteiger partial charge in [-0.1, -0.05) is 52.0 Å². The molecular weight excluding hydrogens is 324 g/mol. The monoisotopic (exact) mass is 352 g/mol. The maximum Gasteiger partial charge on any atom is 0.251 e. The van der Waals surface area contributed by atoms with E-state index >= 15 is 0 Å². The van der Waals surface area contributed by atoms with Gasteiger partial charge in [-0.2, -0.15) is 0 Å². The highest BCUT2D eigenvalue weighted by atomic mass is 16.2. The highest BCUT2D eigenvalue weighted by Gasteiger charge is 2.11. The molecule has 0 radical (unpaired) electrons. The molecule has 2 amide bonds. The van der Waals surface area contributed by atoms with Crippen LogP contribution in [-0.4, -0.2) is 11.8 Å². The molecule has 0 heterocycles. The first-order valence-electron chi connectivity index (χ1n) is 9.18. The number of carbonyl (C=O) groups is 2. The molecule has 0 aliphatic heterocycles. The van der Waals surface area contributed by atoms with Gasteiger partial charge in [-0.25, -0.2) is 0 Å². The van der Waals surface area contributed by atoms with E-state index in [1.165, 1.54) is 5.56 Å². The SMILES string of the molecule is CCC(C)C(=O)Nc1cccc(CNC(=O)c2ccc(C(C)C)cc2)c1. The van der Waals surface area contributed by atoms with Gasteiger partial charge in [-0.05, 0) is 47.7 Å². The van der Waals surface area contributed by atoms with Gasteiger partial charge >= 0.3 is 0 Å². The lowest BCUT2D eigenvalue weighted by Gasteiger charge is -2.12. The van der Waals surface area contributed by atoms with Gasteiger partial charge in [0, 0.05) is 23.7 Å². The molecule has 2 aromatic carbocycles. The number of hydrogen-bond acceptors (Lipinski definition) is 2. The lowest BCUT2D eigenvalue weighted by Crippen LogP contribution is -2.23. The van der Waals surface area contributed by atoms with Gasteiger partial charge in [0.2, 0.25) is 5.91 Å². The molecule has 26 heavy (non-hydrogen) atoms. The normalized spacial score (nSPS) is 11.9. The van der Waals surface area contributed by atoms with Gasteiger partial charge in [-0.15, -0.1) is 0 Å². The van der Waals surface area contributed by atoms with Crippen LogP contribution in [0.5, 0.6) is 0 Å². The van der Waals surface area contributed by atoms with Crippen LogP contribution in [0.2, 0.25) is 0 Å². The Kier molecular flexibility index (Phi) is 6.96. The summed E-state index contributed by atoms with van der Waals surface area (Å²) in [5.41, 5.74) is 3.56. The summed E-state index contributed by atoms with van der Waals surface area (Å²) in [4.78, 5) is 24.3. The zero-order valence-corrected chi connectivity index (χ0v) is 16.0. The third-order valence-electron chi connectivity index (χ3n) is 4.55. The molecule has 1 unspecified atom stereocenters. The molecule has 0 saturated carbocycles. The van der Waals surface area contributed by atoms with Crippen molar-refractivity contribution in [3.63, 3.8) is 0 Å². The quantitative estimate of drug-likeness (QED) is 0.757. The topological polar surface area (TPSA) is 58.2 Å². The summed E-state index contributed by atoms with van der Waals surface area (Å²) in [5.74, 6) is 0.334. The maximum atomic E-state index is 12.3. The van der Waals surface area contributed by atoms with E-state index in [9.17, 15) is 9.59 Å². The van der Waals surface area contributed by atoms with Crippen molar-refractivity contribution < 1.29 is 9.59 Å². The molecule has 138 valence electrons. The number of amides is 2. The second-order valence-corrected chi connectivity index (χ2v) is 6.96. The standard InChI is InChI=1S/C22H28N2O2/c1-5-16(4)21(25)24-20-8-6-7-17(13-20)14-23-22(26)19-11-9-18(10-12-19)15(2)3/h6-13,15-16H,5,14H2,1-4H3,(H,23,26)(H,24,25). The third kappa shape index (κ3) is 5.45. The van der Waals surface area contributed by atoms with Crippen molar-refractivity contribution in [2.24, 2.45) is 5.92 Å². The molecule has 0 saturated heterocycles. The van der Waals surface area contributed by atoms with Crippen molar-refractivity contribution in [2.45, 2.75) is 46.6 Å². The second kappa shape index (κ2) is 9.18. The molecule has 0 aromatic heterocycles. The fraction of sp³-hybridized carbons (Fsp3) is 0.364. The lowest BCUT2D eigenvalue weighted by atomic mass is 10.0. The van der Waals surface area contributed by atoms with Crippen molar-refractivity contribution in [3.05, 3.63) is 65.2 Å². The van der Waals surface area contributed by atoms with E-state index in [1.54, 1.807) is 0 Å². The number of carbonyl (C=O) groups excluding carboxylic acids is 2. The number of anilines is 1. The van der Waals surface area contributed by atoms with Gasteiger partial charge in [-0.3, -0.25) is 9.59 Å². The molecule has 2 aromatic rings. The van der Waals surface area contributed by atoms with Crippen molar-refractivity contribution >= 4 is 17.5 Å². The zero-order chi connectivity index (χ0) is 19.1. The average molecular weight is 352 g/mol. The molecule has 0 spiro atoms. The Morgan fingerprint density at radius 1 is 1.00 bits per heavy atom. The Bertz CT molecular complexity index is 751. The Hall–Kier alpha value is -2.62. The predicted molar refractivity (Wildman–Crippen MR) is 106 cm³/mol. The van der Waals surface area contributed by atoms with Gasteiger partial charge < -0.3 is 10.6 Å². The summed E-state index contributed by atoms with van der Waals surface area (Å²) in [5, 5.41) is 5.84. The van der Waals surface area contributed by atoms with E-state index in [1.807, 2.05) is 62.4 Å². The summed E-state index contributed by atoms with van der Waals surface area (Å²) in [6.07, 6.45) is 0.803. The fourth-order valence-electron chi connectivity index (χ4n) is 2.51. The molecular formula is C22H28N2O2. The van der Waals surface area contributed by atoms with E-state index < -0.39 is 0 Å². The summed E-state index contributed by atoms with van der Waals surface area (Å²) >= 11 is 0. The van der Waals surface area contributed by atoms with Crippen LogP contribution in [0.4, 0.5) is 5.69 Å². The molecule has 2 N–H and O–H groups in total. The van der Waals surface area contributed by atoms with Crippen LogP contribution >= 0.6 is 0 Å². The number of benzene rings is 2. The molecule has 0 bridgehead atoms. The van der Waals surface area contributed by atoms with E-state index in [4.69, 9.17) is 0 Å². The molecule has 4 nitrogen and oxygen atoms in total. The lowest BCUT2D eigenvalue weighted by molar-refractivity contribution is -0.119. The molecule has 2 rings (SSSR count). The number of hydrogen-bond donors (Lipinski definition) is 2. The number of rotatable bonds is 7. The van der Waals surface area contributed by atoms with Gasteiger partial charge in [0.15, 0.2) is 0 Å². The summed E-state index contributed by atoms with van der Waals surface area (Å²) < 4.78 is 0. The van der Waals surface area contributed by atoms with Crippen LogP contribution in [0.3, 0.4) is 0 Å². The average Bonchev–Trinajstić information content (AvgIpc) is 2.65. The molecule has 0 fully saturated rings. The van der Waals surface area contributed by atoms with Gasteiger partial charge in [0.1, 0.15) is 0 Å². The van der Waals surface area contributed by atoms with Crippen LogP contribution in [0.25, 0.3) is 0 Å². The minimum Gasteiger partial charge on any atom is -0.348 e. The molecule has 1 atom stereocenters. The Balaban J connectivity index is 1.95. The largest absolute Gasteiger partial charge is 0.348 e. The second-order valence-electron chi connectivity index (χ2n) is 6.96. The smallest absolute Gasteiger partial charge is 0.251 e. The highest BCUT2D eigenvalue weighted by Crippen LogP contribution is 2.15. The predicted octanol–water partition coefficient (Wildman–Crippen LogP) is 4.72. The van der Waals surface area contributed by atoms with Crippen LogP contribution < -0.4 is 10.6 Å². The minimum atomic E-state index is -0.102. The number of nitrogens with one attached hydrogen (secondary N) is 2. The van der Waals surface area contributed by atoms with E-state index in [-0.39, 0.29) is 17.7 Å². The fourth-order valence-corrected chi connectivity index (χ4v) is 2.51. The summed E-state index contributed by atoms with van der Waals surface area (Å²) in [6, 6.07) is 15.3. The first-order valence-corrected chi connectivity index (χ1v) is 9.18. The summed E-state index contributed by atoms with van der Waals surface area (Å²) in [7, 11) is 0. The molecule has 4 heteroatoms. The van der Waals surface area contributed by atoms with Gasteiger partial charge in [0.05, 0.1) is 0 Å². The summed E-state index contributed by atoms with van der Waals surface area (Å²) in [6.45, 7) is 8.57. The minimum absolute atomic E-state index is 0.0129. The van der Waals surface area contributed by atoms with Crippen molar-refractivity contribution in [3.8, 4) is 0 Å². The van der Waals surface area contributed by atoms with Crippen LogP contribution in [0.1, 0.15) is 61.5 Å². The van der Waals surface area contributed by atoms with Crippen LogP contribution in [0.15, 0.2) is 48.5 Å². The van der Waals surface area contributed by atoms with E-state index in [0.717, 1.165) is 17.7 Å². The first kappa shape index (κ1) is 19.7. The first-order chi connectivity index (χ1) is 12.4. The zero-order valence-electron chi connectivity index (χ0n) is 16.0. The molecule has 0 aliphatic carbocycles. The molecule has 0 aliphatic rings. The van der Waals surface area contributed by atoms with E-state index in [2.05, 4.69) is 24.5 Å². The van der Waals surface area contributed by atoms with Crippen molar-refractivity contribution in [1.82, 2.24) is 5.32 Å². The van der Waals surface area contributed by atoms with E-state index in [0.29, 0.717) is 18.0 Å². The third-order valence-corrected chi connectivity index (χ3v) is 4.55.